The lowest BCUT2D eigenvalue weighted by Gasteiger charge is -2.03. The van der Waals surface area contributed by atoms with E-state index in [2.05, 4.69) is 4.98 Å². The molecule has 0 bridgehead atoms. The van der Waals surface area contributed by atoms with Crippen LogP contribution >= 0.6 is 12.2 Å². The van der Waals surface area contributed by atoms with E-state index in [1.807, 2.05) is 0 Å². The maximum atomic E-state index is 5.40. The number of aromatic nitrogens is 1. The van der Waals surface area contributed by atoms with Gasteiger partial charge in [-0.2, -0.15) is 0 Å². The summed E-state index contributed by atoms with van der Waals surface area (Å²) < 4.78 is 4.93. The van der Waals surface area contributed by atoms with Crippen LogP contribution in [0.15, 0.2) is 18.3 Å². The van der Waals surface area contributed by atoms with Crippen molar-refractivity contribution in [1.29, 1.82) is 0 Å². The summed E-state index contributed by atoms with van der Waals surface area (Å²) >= 11 is 4.77. The van der Waals surface area contributed by atoms with Crippen LogP contribution in [-0.2, 0) is 0 Å². The summed E-state index contributed by atoms with van der Waals surface area (Å²) in [5.74, 6) is 0.472. The van der Waals surface area contributed by atoms with Crippen molar-refractivity contribution in [2.24, 2.45) is 5.73 Å². The molecular weight excluding hydrogens is 160 g/mol. The van der Waals surface area contributed by atoms with Gasteiger partial charge in [0.1, 0.15) is 4.99 Å². The molecule has 0 aromatic carbocycles. The summed E-state index contributed by atoms with van der Waals surface area (Å²) in [5.41, 5.74) is 6.07. The van der Waals surface area contributed by atoms with Gasteiger partial charge >= 0.3 is 0 Å². The van der Waals surface area contributed by atoms with Crippen molar-refractivity contribution in [2.75, 3.05) is 7.11 Å². The zero-order valence-corrected chi connectivity index (χ0v) is 6.89. The van der Waals surface area contributed by atoms with E-state index < -0.39 is 0 Å². The fraction of sp³-hybridized carbons (Fsp3) is 0.143. The molecule has 11 heavy (non-hydrogen) atoms. The van der Waals surface area contributed by atoms with Gasteiger partial charge in [0.15, 0.2) is 0 Å². The molecule has 0 amide bonds. The molecule has 0 unspecified atom stereocenters. The van der Waals surface area contributed by atoms with Crippen molar-refractivity contribution in [3.63, 3.8) is 0 Å². The lowest BCUT2D eigenvalue weighted by Crippen LogP contribution is -2.11. The molecule has 0 aliphatic heterocycles. The van der Waals surface area contributed by atoms with E-state index >= 15 is 0 Å². The highest BCUT2D eigenvalue weighted by Gasteiger charge is 2.03. The second kappa shape index (κ2) is 3.30. The third kappa shape index (κ3) is 1.65. The molecule has 0 fully saturated rings. The van der Waals surface area contributed by atoms with E-state index in [9.17, 15) is 0 Å². The highest BCUT2D eigenvalue weighted by molar-refractivity contribution is 7.80. The maximum absolute atomic E-state index is 5.40. The van der Waals surface area contributed by atoms with Crippen molar-refractivity contribution in [3.05, 3.63) is 23.9 Å². The van der Waals surface area contributed by atoms with Gasteiger partial charge in [-0.05, 0) is 12.1 Å². The van der Waals surface area contributed by atoms with Gasteiger partial charge in [-0.15, -0.1) is 0 Å². The van der Waals surface area contributed by atoms with Crippen LogP contribution in [0.1, 0.15) is 5.56 Å². The van der Waals surface area contributed by atoms with Crippen LogP contribution in [-0.4, -0.2) is 17.1 Å². The molecule has 0 saturated heterocycles. The third-order valence-electron chi connectivity index (χ3n) is 1.23. The van der Waals surface area contributed by atoms with Gasteiger partial charge in [0.2, 0.25) is 5.88 Å². The standard InChI is InChI=1S/C7H8N2OS/c1-10-7-5(6(8)11)3-2-4-9-7/h2-4H,1H3,(H2,8,11). The Labute approximate surface area is 70.2 Å². The molecule has 0 radical (unpaired) electrons. The molecule has 0 atom stereocenters. The topological polar surface area (TPSA) is 48.1 Å². The van der Waals surface area contributed by atoms with Crippen LogP contribution in [0.5, 0.6) is 5.88 Å². The normalized spacial score (nSPS) is 9.18. The average Bonchev–Trinajstić information content (AvgIpc) is 2.04. The quantitative estimate of drug-likeness (QED) is 0.661. The minimum absolute atomic E-state index is 0.301. The van der Waals surface area contributed by atoms with Gasteiger partial charge in [0.25, 0.3) is 0 Å². The first kappa shape index (κ1) is 7.94. The Morgan fingerprint density at radius 1 is 1.73 bits per heavy atom. The van der Waals surface area contributed by atoms with Crippen LogP contribution in [0.25, 0.3) is 0 Å². The molecule has 2 N–H and O–H groups in total. The van der Waals surface area contributed by atoms with Crippen molar-refractivity contribution < 1.29 is 4.74 Å². The second-order valence-electron chi connectivity index (χ2n) is 1.92. The number of hydrogen-bond acceptors (Lipinski definition) is 3. The van der Waals surface area contributed by atoms with Gasteiger partial charge in [-0.25, -0.2) is 4.98 Å². The molecule has 3 nitrogen and oxygen atoms in total. The number of nitrogens with two attached hydrogens (primary N) is 1. The summed E-state index contributed by atoms with van der Waals surface area (Å²) in [6, 6.07) is 3.53. The largest absolute Gasteiger partial charge is 0.480 e. The van der Waals surface area contributed by atoms with Gasteiger partial charge in [-0.3, -0.25) is 0 Å². The molecule has 1 aromatic heterocycles. The van der Waals surface area contributed by atoms with Crippen LogP contribution in [0.2, 0.25) is 0 Å². The predicted octanol–water partition coefficient (Wildman–Crippen LogP) is 0.724. The molecular formula is C7H8N2OS. The Morgan fingerprint density at radius 2 is 2.45 bits per heavy atom. The zero-order chi connectivity index (χ0) is 8.27. The Kier molecular flexibility index (Phi) is 2.38. The molecule has 0 saturated carbocycles. The van der Waals surface area contributed by atoms with Crippen molar-refractivity contribution >= 4 is 17.2 Å². The smallest absolute Gasteiger partial charge is 0.223 e. The van der Waals surface area contributed by atoms with Crippen LogP contribution < -0.4 is 10.5 Å². The maximum Gasteiger partial charge on any atom is 0.223 e. The lowest BCUT2D eigenvalue weighted by atomic mass is 10.3. The van der Waals surface area contributed by atoms with Crippen molar-refractivity contribution in [1.82, 2.24) is 4.98 Å². The molecule has 0 spiro atoms. The summed E-state index contributed by atoms with van der Waals surface area (Å²) in [7, 11) is 1.53. The number of hydrogen-bond donors (Lipinski definition) is 1. The first-order valence-corrected chi connectivity index (χ1v) is 3.45. The Balaban J connectivity index is 3.12. The molecule has 1 heterocycles. The molecule has 1 aromatic rings. The Bertz CT molecular complexity index is 275. The zero-order valence-electron chi connectivity index (χ0n) is 6.07. The number of thiocarbonyl (C=S) groups is 1. The number of methoxy groups -OCH3 is 1. The van der Waals surface area contributed by atoms with Gasteiger partial charge in [-0.1, -0.05) is 12.2 Å². The summed E-state index contributed by atoms with van der Waals surface area (Å²) in [6.07, 6.45) is 1.63. The van der Waals surface area contributed by atoms with E-state index in [0.29, 0.717) is 16.4 Å². The highest BCUT2D eigenvalue weighted by atomic mass is 32.1. The number of rotatable bonds is 2. The number of nitrogens with zero attached hydrogens (tertiary/aromatic N) is 1. The van der Waals surface area contributed by atoms with E-state index in [1.54, 1.807) is 18.3 Å². The SMILES string of the molecule is COc1ncccc1C(N)=S. The Hall–Kier alpha value is -1.16. The van der Waals surface area contributed by atoms with Gasteiger partial charge in [0, 0.05) is 6.20 Å². The monoisotopic (exact) mass is 168 g/mol. The fourth-order valence-corrected chi connectivity index (χ4v) is 0.896. The first-order chi connectivity index (χ1) is 5.25. The lowest BCUT2D eigenvalue weighted by molar-refractivity contribution is 0.397. The fourth-order valence-electron chi connectivity index (χ4n) is 0.741. The van der Waals surface area contributed by atoms with E-state index in [4.69, 9.17) is 22.7 Å². The van der Waals surface area contributed by atoms with Crippen molar-refractivity contribution in [2.45, 2.75) is 0 Å². The van der Waals surface area contributed by atoms with Crippen LogP contribution in [0, 0.1) is 0 Å². The molecule has 1 rings (SSSR count). The Morgan fingerprint density at radius 3 is 2.91 bits per heavy atom. The molecule has 58 valence electrons. The second-order valence-corrected chi connectivity index (χ2v) is 2.36. The number of ether oxygens (including phenoxy) is 1. The molecule has 0 aliphatic rings. The minimum atomic E-state index is 0.301. The summed E-state index contributed by atoms with van der Waals surface area (Å²) in [4.78, 5) is 4.23. The van der Waals surface area contributed by atoms with E-state index in [-0.39, 0.29) is 0 Å². The van der Waals surface area contributed by atoms with Gasteiger partial charge in [0.05, 0.1) is 12.7 Å². The molecule has 4 heteroatoms. The summed E-state index contributed by atoms with van der Waals surface area (Å²) in [5, 5.41) is 0. The van der Waals surface area contributed by atoms with Crippen LogP contribution in [0.3, 0.4) is 0 Å². The predicted molar refractivity (Wildman–Crippen MR) is 46.7 cm³/mol. The first-order valence-electron chi connectivity index (χ1n) is 3.04. The van der Waals surface area contributed by atoms with Crippen molar-refractivity contribution in [3.8, 4) is 5.88 Å². The highest BCUT2D eigenvalue weighted by Crippen LogP contribution is 2.12. The van der Waals surface area contributed by atoms with Gasteiger partial charge < -0.3 is 10.5 Å². The number of pyridine rings is 1. The van der Waals surface area contributed by atoms with E-state index in [0.717, 1.165) is 0 Å². The summed E-state index contributed by atoms with van der Waals surface area (Å²) in [6.45, 7) is 0. The van der Waals surface area contributed by atoms with E-state index in [1.165, 1.54) is 7.11 Å². The molecule has 0 aliphatic carbocycles. The minimum Gasteiger partial charge on any atom is -0.480 e. The third-order valence-corrected chi connectivity index (χ3v) is 1.45. The van der Waals surface area contributed by atoms with Crippen LogP contribution in [0.4, 0.5) is 0 Å². The average molecular weight is 168 g/mol.